The van der Waals surface area contributed by atoms with Crippen molar-refractivity contribution in [2.24, 2.45) is 0 Å². The van der Waals surface area contributed by atoms with Crippen LogP contribution in [0.25, 0.3) is 0 Å². The summed E-state index contributed by atoms with van der Waals surface area (Å²) in [6.07, 6.45) is -0.0240. The number of rotatable bonds is 3. The van der Waals surface area contributed by atoms with Crippen LogP contribution in [-0.2, 0) is 14.2 Å². The maximum absolute atomic E-state index is 11.6. The number of hydrogen-bond acceptors (Lipinski definition) is 7. The number of hydrogen-bond donors (Lipinski definition) is 0. The van der Waals surface area contributed by atoms with Crippen molar-refractivity contribution < 1.29 is 28.7 Å². The zero-order valence-electron chi connectivity index (χ0n) is 11.0. The number of nitrogens with zero attached hydrogens (tertiary/aromatic N) is 1. The van der Waals surface area contributed by atoms with Gasteiger partial charge in [0, 0.05) is 25.0 Å². The summed E-state index contributed by atoms with van der Waals surface area (Å²) in [5.41, 5.74) is -0.0753. The maximum atomic E-state index is 11.6. The van der Waals surface area contributed by atoms with Crippen LogP contribution < -0.4 is 4.74 Å². The molecule has 0 bridgehead atoms. The third kappa shape index (κ3) is 3.11. The molecule has 8 heteroatoms. The van der Waals surface area contributed by atoms with Gasteiger partial charge in [0.1, 0.15) is 18.6 Å². The van der Waals surface area contributed by atoms with Crippen LogP contribution in [-0.4, -0.2) is 36.2 Å². The largest absolute Gasteiger partial charge is 0.514 e. The smallest absolute Gasteiger partial charge is 0.430 e. The van der Waals surface area contributed by atoms with Crippen LogP contribution in [0, 0.1) is 10.1 Å². The van der Waals surface area contributed by atoms with E-state index >= 15 is 0 Å². The van der Waals surface area contributed by atoms with E-state index in [-0.39, 0.29) is 36.5 Å². The van der Waals surface area contributed by atoms with Crippen molar-refractivity contribution in [3.63, 3.8) is 0 Å². The molecule has 2 unspecified atom stereocenters. The van der Waals surface area contributed by atoms with Gasteiger partial charge in [-0.05, 0) is 12.1 Å². The lowest BCUT2D eigenvalue weighted by Crippen LogP contribution is -2.20. The van der Waals surface area contributed by atoms with E-state index in [1.54, 1.807) is 0 Å². The molecule has 0 amide bonds. The molecule has 1 aromatic carbocycles. The predicted octanol–water partition coefficient (Wildman–Crippen LogP) is 2.01. The molecule has 112 valence electrons. The van der Waals surface area contributed by atoms with E-state index in [0.29, 0.717) is 12.8 Å². The Balaban J connectivity index is 1.51. The van der Waals surface area contributed by atoms with Crippen molar-refractivity contribution in [2.75, 3.05) is 6.79 Å². The fourth-order valence-corrected chi connectivity index (χ4v) is 2.47. The molecule has 1 saturated carbocycles. The molecule has 2 aliphatic rings. The summed E-state index contributed by atoms with van der Waals surface area (Å²) in [5, 5.41) is 10.5. The molecule has 21 heavy (non-hydrogen) atoms. The molecule has 0 radical (unpaired) electrons. The second kappa shape index (κ2) is 5.66. The average Bonchev–Trinajstić information content (AvgIpc) is 3.00. The summed E-state index contributed by atoms with van der Waals surface area (Å²) in [6.45, 7) is 0.287. The Morgan fingerprint density at radius 3 is 2.38 bits per heavy atom. The second-order valence-electron chi connectivity index (χ2n) is 4.84. The van der Waals surface area contributed by atoms with Gasteiger partial charge in [0.15, 0.2) is 0 Å². The van der Waals surface area contributed by atoms with Crippen LogP contribution in [0.2, 0.25) is 0 Å². The number of fused-ring (bicyclic) bond motifs is 1. The summed E-state index contributed by atoms with van der Waals surface area (Å²) in [7, 11) is 0. The number of ether oxygens (including phenoxy) is 4. The molecule has 1 aliphatic carbocycles. The molecule has 0 spiro atoms. The summed E-state index contributed by atoms with van der Waals surface area (Å²) < 4.78 is 20.8. The molecule has 2 fully saturated rings. The van der Waals surface area contributed by atoms with Gasteiger partial charge in [-0.25, -0.2) is 4.79 Å². The molecular weight excluding hydrogens is 282 g/mol. The van der Waals surface area contributed by atoms with E-state index in [4.69, 9.17) is 18.9 Å². The molecule has 1 saturated heterocycles. The van der Waals surface area contributed by atoms with Gasteiger partial charge in [-0.3, -0.25) is 10.1 Å². The SMILES string of the molecule is O=C(Oc1ccc([N+](=O)[O-])cc1)OC1CC2OCO[C@@H]2C1. The fraction of sp³-hybridized carbons (Fsp3) is 0.462. The van der Waals surface area contributed by atoms with Gasteiger partial charge in [0.25, 0.3) is 5.69 Å². The van der Waals surface area contributed by atoms with Crippen molar-refractivity contribution >= 4 is 11.8 Å². The van der Waals surface area contributed by atoms with Crippen LogP contribution in [0.5, 0.6) is 5.75 Å². The Kier molecular flexibility index (Phi) is 3.72. The van der Waals surface area contributed by atoms with Gasteiger partial charge in [-0.1, -0.05) is 0 Å². The molecule has 0 N–H and O–H groups in total. The zero-order chi connectivity index (χ0) is 14.8. The van der Waals surface area contributed by atoms with Crippen molar-refractivity contribution in [1.29, 1.82) is 0 Å². The number of non-ortho nitro benzene ring substituents is 1. The lowest BCUT2D eigenvalue weighted by Gasteiger charge is -2.12. The molecule has 3 atom stereocenters. The van der Waals surface area contributed by atoms with E-state index < -0.39 is 11.1 Å². The van der Waals surface area contributed by atoms with Crippen molar-refractivity contribution in [2.45, 2.75) is 31.2 Å². The highest BCUT2D eigenvalue weighted by Crippen LogP contribution is 2.32. The zero-order valence-corrected chi connectivity index (χ0v) is 11.0. The molecule has 1 heterocycles. The highest BCUT2D eigenvalue weighted by Gasteiger charge is 2.41. The molecule has 8 nitrogen and oxygen atoms in total. The summed E-state index contributed by atoms with van der Waals surface area (Å²) in [5.74, 6) is 0.191. The first-order valence-corrected chi connectivity index (χ1v) is 6.48. The molecular formula is C13H13NO7. The number of carbonyl (C=O) groups is 1. The minimum absolute atomic E-state index is 0.0258. The monoisotopic (exact) mass is 295 g/mol. The summed E-state index contributed by atoms with van der Waals surface area (Å²) in [4.78, 5) is 21.6. The first kappa shape index (κ1) is 13.8. The Bertz CT molecular complexity index is 532. The standard InChI is InChI=1S/C13H13NO7/c15-13(20-9-3-1-8(2-4-9)14(16)17)21-10-5-11-12(6-10)19-7-18-11/h1-4,10-12H,5-7H2/t10?,11-,12?/m1/s1. The Labute approximate surface area is 119 Å². The van der Waals surface area contributed by atoms with E-state index in [9.17, 15) is 14.9 Å². The number of nitro groups is 1. The molecule has 1 aromatic rings. The highest BCUT2D eigenvalue weighted by molar-refractivity contribution is 5.64. The normalized spacial score (nSPS) is 27.1. The van der Waals surface area contributed by atoms with Gasteiger partial charge >= 0.3 is 6.16 Å². The molecule has 3 rings (SSSR count). The lowest BCUT2D eigenvalue weighted by atomic mass is 10.3. The first-order chi connectivity index (χ1) is 10.1. The van der Waals surface area contributed by atoms with Gasteiger partial charge in [-0.2, -0.15) is 0 Å². The third-order valence-corrected chi connectivity index (χ3v) is 3.48. The van der Waals surface area contributed by atoms with E-state index in [1.807, 2.05) is 0 Å². The van der Waals surface area contributed by atoms with Crippen molar-refractivity contribution in [3.05, 3.63) is 34.4 Å². The third-order valence-electron chi connectivity index (χ3n) is 3.48. The Morgan fingerprint density at radius 2 is 1.81 bits per heavy atom. The van der Waals surface area contributed by atoms with E-state index in [2.05, 4.69) is 0 Å². The molecule has 1 aliphatic heterocycles. The highest BCUT2D eigenvalue weighted by atomic mass is 16.7. The number of carbonyl (C=O) groups excluding carboxylic acids is 1. The Morgan fingerprint density at radius 1 is 1.19 bits per heavy atom. The van der Waals surface area contributed by atoms with Crippen LogP contribution in [0.3, 0.4) is 0 Å². The summed E-state index contributed by atoms with van der Waals surface area (Å²) in [6, 6.07) is 5.19. The minimum Gasteiger partial charge on any atom is -0.430 e. The van der Waals surface area contributed by atoms with Crippen LogP contribution in [0.4, 0.5) is 10.5 Å². The van der Waals surface area contributed by atoms with Crippen LogP contribution >= 0.6 is 0 Å². The van der Waals surface area contributed by atoms with Crippen molar-refractivity contribution in [3.8, 4) is 5.75 Å². The van der Waals surface area contributed by atoms with Crippen molar-refractivity contribution in [1.82, 2.24) is 0 Å². The van der Waals surface area contributed by atoms with Crippen LogP contribution in [0.15, 0.2) is 24.3 Å². The summed E-state index contributed by atoms with van der Waals surface area (Å²) >= 11 is 0. The predicted molar refractivity (Wildman–Crippen MR) is 67.8 cm³/mol. The molecule has 0 aromatic heterocycles. The van der Waals surface area contributed by atoms with Crippen LogP contribution in [0.1, 0.15) is 12.8 Å². The van der Waals surface area contributed by atoms with Gasteiger partial charge in [0.2, 0.25) is 0 Å². The second-order valence-corrected chi connectivity index (χ2v) is 4.84. The van der Waals surface area contributed by atoms with Gasteiger partial charge in [-0.15, -0.1) is 0 Å². The number of benzene rings is 1. The maximum Gasteiger partial charge on any atom is 0.514 e. The fourth-order valence-electron chi connectivity index (χ4n) is 2.47. The topological polar surface area (TPSA) is 97.1 Å². The number of nitro benzene ring substituents is 1. The van der Waals surface area contributed by atoms with Gasteiger partial charge < -0.3 is 18.9 Å². The van der Waals surface area contributed by atoms with E-state index in [0.717, 1.165) is 0 Å². The Hall–Kier alpha value is -2.19. The quantitative estimate of drug-likeness (QED) is 0.364. The average molecular weight is 295 g/mol. The van der Waals surface area contributed by atoms with E-state index in [1.165, 1.54) is 24.3 Å². The minimum atomic E-state index is -0.839. The lowest BCUT2D eigenvalue weighted by molar-refractivity contribution is -0.384. The first-order valence-electron chi connectivity index (χ1n) is 6.48. The van der Waals surface area contributed by atoms with Gasteiger partial charge in [0.05, 0.1) is 17.1 Å².